The number of nitrogens with zero attached hydrogens (tertiary/aromatic N) is 3. The number of rotatable bonds is 7. The molecule has 2 aliphatic heterocycles. The van der Waals surface area contributed by atoms with E-state index < -0.39 is 0 Å². The molecule has 0 N–H and O–H groups in total. The Bertz CT molecular complexity index is 1150. The molecule has 6 nitrogen and oxygen atoms in total. The van der Waals surface area contributed by atoms with E-state index in [-0.39, 0.29) is 17.7 Å². The van der Waals surface area contributed by atoms with Crippen LogP contribution in [0.4, 0.5) is 0 Å². The van der Waals surface area contributed by atoms with Crippen LogP contribution in [-0.2, 0) is 6.54 Å². The van der Waals surface area contributed by atoms with Gasteiger partial charge in [0.2, 0.25) is 0 Å². The Morgan fingerprint density at radius 1 is 1.21 bits per heavy atom. The largest absolute Gasteiger partial charge is 0.490 e. The fraction of sp³-hybridized carbons (Fsp3) is 0.407. The van der Waals surface area contributed by atoms with Crippen molar-refractivity contribution in [3.63, 3.8) is 0 Å². The molecule has 34 heavy (non-hydrogen) atoms. The average Bonchev–Trinajstić information content (AvgIpc) is 3.31. The van der Waals surface area contributed by atoms with E-state index in [0.29, 0.717) is 29.4 Å². The Labute approximate surface area is 205 Å². The van der Waals surface area contributed by atoms with Crippen molar-refractivity contribution in [3.8, 4) is 17.1 Å². The van der Waals surface area contributed by atoms with Gasteiger partial charge in [-0.15, -0.1) is 0 Å². The first-order chi connectivity index (χ1) is 16.5. The van der Waals surface area contributed by atoms with Crippen molar-refractivity contribution in [1.82, 2.24) is 15.0 Å². The monoisotopic (exact) mass is 479 g/mol. The van der Waals surface area contributed by atoms with Crippen molar-refractivity contribution in [3.05, 3.63) is 70.9 Å². The number of carbonyl (C=O) groups excluding carboxylic acids is 1. The molecule has 178 valence electrons. The molecule has 2 aliphatic rings. The van der Waals surface area contributed by atoms with Gasteiger partial charge < -0.3 is 14.2 Å². The first kappa shape index (κ1) is 22.9. The molecule has 0 bridgehead atoms. The zero-order valence-corrected chi connectivity index (χ0v) is 20.4. The minimum Gasteiger partial charge on any atom is -0.490 e. The number of amides is 1. The third kappa shape index (κ3) is 4.84. The predicted octanol–water partition coefficient (Wildman–Crippen LogP) is 5.66. The zero-order valence-electron chi connectivity index (χ0n) is 19.6. The van der Waals surface area contributed by atoms with Gasteiger partial charge in [-0.05, 0) is 67.6 Å². The van der Waals surface area contributed by atoms with Gasteiger partial charge in [0.25, 0.3) is 5.91 Å². The summed E-state index contributed by atoms with van der Waals surface area (Å²) >= 11 is 5.95. The van der Waals surface area contributed by atoms with Crippen LogP contribution in [-0.4, -0.2) is 52.6 Å². The maximum Gasteiger partial charge on any atom is 0.276 e. The summed E-state index contributed by atoms with van der Waals surface area (Å²) in [6, 6.07) is 18.3. The third-order valence-corrected chi connectivity index (χ3v) is 7.28. The summed E-state index contributed by atoms with van der Waals surface area (Å²) < 4.78 is 11.8. The molecule has 0 aliphatic carbocycles. The van der Waals surface area contributed by atoms with Crippen LogP contribution in [0.1, 0.15) is 48.7 Å². The Morgan fingerprint density at radius 3 is 2.76 bits per heavy atom. The van der Waals surface area contributed by atoms with Crippen molar-refractivity contribution in [2.45, 2.75) is 57.3 Å². The lowest BCUT2D eigenvalue weighted by molar-refractivity contribution is -0.0459. The standard InChI is InChI=1S/C27H30ClN3O3/c1-3-21-14-24(15-22-11-12-31(21)22)33-23-6-4-5-18(13-23)17-30(2)27(32)25-16-26(34-29-25)19-7-9-20(28)10-8-19/h4-10,13,16,21-22,24H,3,11-12,14-15,17H2,1-2H3/t21-,22+,24+/m1/s1. The van der Waals surface area contributed by atoms with Gasteiger partial charge in [0.1, 0.15) is 11.9 Å². The molecular weight excluding hydrogens is 450 g/mol. The minimum atomic E-state index is -0.196. The van der Waals surface area contributed by atoms with Gasteiger partial charge >= 0.3 is 0 Å². The second-order valence-electron chi connectivity index (χ2n) is 9.35. The fourth-order valence-corrected chi connectivity index (χ4v) is 5.23. The third-order valence-electron chi connectivity index (χ3n) is 7.03. The molecular formula is C27H30ClN3O3. The molecule has 2 aromatic carbocycles. The second kappa shape index (κ2) is 9.80. The number of halogens is 1. The molecule has 0 spiro atoms. The lowest BCUT2D eigenvalue weighted by Crippen LogP contribution is -2.59. The first-order valence-electron chi connectivity index (χ1n) is 12.0. The number of ether oxygens (including phenoxy) is 1. The van der Waals surface area contributed by atoms with Crippen LogP contribution in [0.15, 0.2) is 59.1 Å². The first-order valence-corrected chi connectivity index (χ1v) is 12.4. The Morgan fingerprint density at radius 2 is 2.03 bits per heavy atom. The summed E-state index contributed by atoms with van der Waals surface area (Å²) in [5, 5.41) is 4.62. The molecule has 2 saturated heterocycles. The normalized spacial score (nSPS) is 22.0. The van der Waals surface area contributed by atoms with E-state index in [1.165, 1.54) is 19.4 Å². The highest BCUT2D eigenvalue weighted by atomic mass is 35.5. The van der Waals surface area contributed by atoms with Gasteiger partial charge in [-0.3, -0.25) is 9.69 Å². The summed E-state index contributed by atoms with van der Waals surface area (Å²) in [5.74, 6) is 1.21. The number of aromatic nitrogens is 1. The smallest absolute Gasteiger partial charge is 0.276 e. The molecule has 3 aromatic rings. The van der Waals surface area contributed by atoms with E-state index in [1.807, 2.05) is 36.4 Å². The quantitative estimate of drug-likeness (QED) is 0.437. The van der Waals surface area contributed by atoms with Crippen LogP contribution in [0.5, 0.6) is 5.75 Å². The van der Waals surface area contributed by atoms with E-state index in [4.69, 9.17) is 20.9 Å². The van der Waals surface area contributed by atoms with Crippen LogP contribution < -0.4 is 4.74 Å². The van der Waals surface area contributed by atoms with E-state index >= 15 is 0 Å². The van der Waals surface area contributed by atoms with Crippen LogP contribution in [0.25, 0.3) is 11.3 Å². The molecule has 0 unspecified atom stereocenters. The van der Waals surface area contributed by atoms with Crippen LogP contribution >= 0.6 is 11.6 Å². The second-order valence-corrected chi connectivity index (χ2v) is 9.78. The van der Waals surface area contributed by atoms with Crippen molar-refractivity contribution >= 4 is 17.5 Å². The van der Waals surface area contributed by atoms with Crippen molar-refractivity contribution in [2.75, 3.05) is 13.6 Å². The van der Waals surface area contributed by atoms with Crippen LogP contribution in [0.3, 0.4) is 0 Å². The summed E-state index contributed by atoms with van der Waals surface area (Å²) in [6.45, 7) is 3.96. The highest BCUT2D eigenvalue weighted by molar-refractivity contribution is 6.30. The van der Waals surface area contributed by atoms with E-state index in [1.54, 1.807) is 30.1 Å². The van der Waals surface area contributed by atoms with Gasteiger partial charge in [0.15, 0.2) is 11.5 Å². The fourth-order valence-electron chi connectivity index (χ4n) is 5.11. The van der Waals surface area contributed by atoms with Crippen LogP contribution in [0.2, 0.25) is 5.02 Å². The molecule has 2 fully saturated rings. The van der Waals surface area contributed by atoms with Gasteiger partial charge in [-0.1, -0.05) is 35.8 Å². The Kier molecular flexibility index (Phi) is 6.61. The van der Waals surface area contributed by atoms with Crippen molar-refractivity contribution < 1.29 is 14.1 Å². The number of hydrogen-bond acceptors (Lipinski definition) is 5. The summed E-state index contributed by atoms with van der Waals surface area (Å²) in [7, 11) is 1.77. The highest BCUT2D eigenvalue weighted by Crippen LogP contribution is 2.35. The predicted molar refractivity (Wildman–Crippen MR) is 132 cm³/mol. The number of hydrogen-bond donors (Lipinski definition) is 0. The molecule has 5 rings (SSSR count). The Hall–Kier alpha value is -2.83. The van der Waals surface area contributed by atoms with Crippen molar-refractivity contribution in [1.29, 1.82) is 0 Å². The molecule has 3 heterocycles. The molecule has 0 saturated carbocycles. The van der Waals surface area contributed by atoms with Gasteiger partial charge in [-0.25, -0.2) is 0 Å². The number of carbonyl (C=O) groups is 1. The highest BCUT2D eigenvalue weighted by Gasteiger charge is 2.40. The molecule has 1 amide bonds. The maximum atomic E-state index is 12.9. The van der Waals surface area contributed by atoms with E-state index in [0.717, 1.165) is 29.7 Å². The number of piperidine rings is 1. The molecule has 7 heteroatoms. The SMILES string of the molecule is CC[C@@H]1C[C@H](Oc2cccc(CN(C)C(=O)c3cc(-c4ccc(Cl)cc4)on3)c2)C[C@@H]2CCN12. The molecule has 0 radical (unpaired) electrons. The Balaban J connectivity index is 1.21. The van der Waals surface area contributed by atoms with E-state index in [9.17, 15) is 4.79 Å². The van der Waals surface area contributed by atoms with E-state index in [2.05, 4.69) is 17.0 Å². The van der Waals surface area contributed by atoms with Crippen molar-refractivity contribution in [2.24, 2.45) is 0 Å². The molecule has 1 aromatic heterocycles. The summed E-state index contributed by atoms with van der Waals surface area (Å²) in [6.07, 6.45) is 4.89. The van der Waals surface area contributed by atoms with Gasteiger partial charge in [0.05, 0.1) is 0 Å². The average molecular weight is 480 g/mol. The number of fused-ring (bicyclic) bond motifs is 1. The lowest BCUT2D eigenvalue weighted by Gasteiger charge is -2.51. The van der Waals surface area contributed by atoms with Crippen LogP contribution in [0, 0.1) is 0 Å². The zero-order chi connectivity index (χ0) is 23.7. The minimum absolute atomic E-state index is 0.196. The van der Waals surface area contributed by atoms with Gasteiger partial charge in [0, 0.05) is 48.9 Å². The topological polar surface area (TPSA) is 58.8 Å². The molecule has 3 atom stereocenters. The summed E-state index contributed by atoms with van der Waals surface area (Å²) in [4.78, 5) is 17.2. The maximum absolute atomic E-state index is 12.9. The lowest BCUT2D eigenvalue weighted by atomic mass is 9.84. The summed E-state index contributed by atoms with van der Waals surface area (Å²) in [5.41, 5.74) is 2.11. The van der Waals surface area contributed by atoms with Gasteiger partial charge in [-0.2, -0.15) is 0 Å². The number of benzene rings is 2.